The summed E-state index contributed by atoms with van der Waals surface area (Å²) < 4.78 is 5.25. The molecule has 0 saturated carbocycles. The third kappa shape index (κ3) is 3.91. The van der Waals surface area contributed by atoms with Crippen LogP contribution in [-0.2, 0) is 4.79 Å². The molecule has 3 aromatic carbocycles. The second-order valence-corrected chi connectivity index (χ2v) is 5.96. The van der Waals surface area contributed by atoms with Gasteiger partial charge in [-0.25, -0.2) is 0 Å². The Bertz CT molecular complexity index is 882. The molecule has 0 aromatic heterocycles. The summed E-state index contributed by atoms with van der Waals surface area (Å²) in [5.74, 6) is 0.374. The number of nitriles is 1. The molecule has 3 aromatic rings. The highest BCUT2D eigenvalue weighted by molar-refractivity contribution is 8.00. The topological polar surface area (TPSA) is 50.1 Å². The highest BCUT2D eigenvalue weighted by atomic mass is 32.2. The van der Waals surface area contributed by atoms with Gasteiger partial charge in [0.05, 0.1) is 17.4 Å². The molecule has 0 fully saturated rings. The number of rotatable bonds is 4. The van der Waals surface area contributed by atoms with Gasteiger partial charge in [0.15, 0.2) is 0 Å². The lowest BCUT2D eigenvalue weighted by atomic mass is 10.1. The maximum Gasteiger partial charge on any atom is 0.321 e. The molecule has 0 amide bonds. The summed E-state index contributed by atoms with van der Waals surface area (Å²) in [7, 11) is 0. The van der Waals surface area contributed by atoms with Crippen LogP contribution in [0.5, 0.6) is 5.75 Å². The van der Waals surface area contributed by atoms with Gasteiger partial charge in [-0.05, 0) is 47.2 Å². The zero-order valence-corrected chi connectivity index (χ0v) is 13.0. The smallest absolute Gasteiger partial charge is 0.321 e. The van der Waals surface area contributed by atoms with Gasteiger partial charge < -0.3 is 4.74 Å². The lowest BCUT2D eigenvalue weighted by Crippen LogP contribution is -2.10. The molecule has 4 heteroatoms. The van der Waals surface area contributed by atoms with E-state index < -0.39 is 0 Å². The van der Waals surface area contributed by atoms with Gasteiger partial charge in [0.1, 0.15) is 5.75 Å². The Balaban J connectivity index is 1.60. The quantitative estimate of drug-likeness (QED) is 0.406. The monoisotopic (exact) mass is 319 g/mol. The number of carbonyl (C=O) groups is 1. The van der Waals surface area contributed by atoms with E-state index in [9.17, 15) is 4.79 Å². The standard InChI is InChI=1S/C19H13NO2S/c20-12-14-5-8-17(9-6-14)22-19(21)13-23-18-10-7-15-3-1-2-4-16(15)11-18/h1-11H,13H2. The number of thioether (sulfide) groups is 1. The van der Waals surface area contributed by atoms with Gasteiger partial charge in [0.25, 0.3) is 0 Å². The van der Waals surface area contributed by atoms with E-state index in [1.54, 1.807) is 24.3 Å². The number of ether oxygens (including phenoxy) is 1. The van der Waals surface area contributed by atoms with Gasteiger partial charge in [-0.2, -0.15) is 5.26 Å². The predicted octanol–water partition coefficient (Wildman–Crippen LogP) is 4.41. The molecule has 0 aliphatic heterocycles. The van der Waals surface area contributed by atoms with Crippen LogP contribution in [0, 0.1) is 11.3 Å². The number of carbonyl (C=O) groups excluding carboxylic acids is 1. The maximum atomic E-state index is 11.9. The molecule has 0 aliphatic carbocycles. The predicted molar refractivity (Wildman–Crippen MR) is 91.5 cm³/mol. The normalized spacial score (nSPS) is 10.2. The average molecular weight is 319 g/mol. The lowest BCUT2D eigenvalue weighted by molar-refractivity contribution is -0.131. The van der Waals surface area contributed by atoms with E-state index in [1.807, 2.05) is 30.3 Å². The second-order valence-electron chi connectivity index (χ2n) is 4.91. The van der Waals surface area contributed by atoms with E-state index in [1.165, 1.54) is 17.1 Å². The van der Waals surface area contributed by atoms with Gasteiger partial charge in [-0.3, -0.25) is 4.79 Å². The van der Waals surface area contributed by atoms with Crippen LogP contribution < -0.4 is 4.74 Å². The van der Waals surface area contributed by atoms with Crippen LogP contribution in [0.4, 0.5) is 0 Å². The molecule has 0 N–H and O–H groups in total. The van der Waals surface area contributed by atoms with Crippen molar-refractivity contribution in [3.8, 4) is 11.8 Å². The van der Waals surface area contributed by atoms with Crippen molar-refractivity contribution in [2.75, 3.05) is 5.75 Å². The Morgan fingerprint density at radius 2 is 1.74 bits per heavy atom. The molecule has 0 heterocycles. The first-order chi connectivity index (χ1) is 11.2. The second kappa shape index (κ2) is 6.99. The summed E-state index contributed by atoms with van der Waals surface area (Å²) >= 11 is 1.44. The van der Waals surface area contributed by atoms with Gasteiger partial charge in [-0.1, -0.05) is 30.3 Å². The molecule has 112 valence electrons. The summed E-state index contributed by atoms with van der Waals surface area (Å²) in [6.45, 7) is 0. The van der Waals surface area contributed by atoms with Crippen LogP contribution in [0.15, 0.2) is 71.6 Å². The molecule has 0 saturated heterocycles. The molecule has 0 unspecified atom stereocenters. The molecular formula is C19H13NO2S. The van der Waals surface area contributed by atoms with E-state index in [0.717, 1.165) is 10.3 Å². The van der Waals surface area contributed by atoms with E-state index in [2.05, 4.69) is 18.2 Å². The Labute approximate surface area is 138 Å². The van der Waals surface area contributed by atoms with Crippen molar-refractivity contribution >= 4 is 28.5 Å². The summed E-state index contributed by atoms with van der Waals surface area (Å²) in [4.78, 5) is 12.9. The summed E-state index contributed by atoms with van der Waals surface area (Å²) in [6.07, 6.45) is 0. The first-order valence-corrected chi connectivity index (χ1v) is 8.05. The zero-order valence-electron chi connectivity index (χ0n) is 12.2. The lowest BCUT2D eigenvalue weighted by Gasteiger charge is -2.05. The van der Waals surface area contributed by atoms with Crippen molar-refractivity contribution in [3.05, 3.63) is 72.3 Å². The molecule has 3 nitrogen and oxygen atoms in total. The number of hydrogen-bond acceptors (Lipinski definition) is 4. The summed E-state index contributed by atoms with van der Waals surface area (Å²) in [5, 5.41) is 11.1. The molecule has 23 heavy (non-hydrogen) atoms. The molecule has 0 radical (unpaired) electrons. The fourth-order valence-corrected chi connectivity index (χ4v) is 2.88. The summed E-state index contributed by atoms with van der Waals surface area (Å²) in [6, 6.07) is 22.7. The van der Waals surface area contributed by atoms with Crippen molar-refractivity contribution < 1.29 is 9.53 Å². The first-order valence-electron chi connectivity index (χ1n) is 7.07. The average Bonchev–Trinajstić information content (AvgIpc) is 2.60. The van der Waals surface area contributed by atoms with Gasteiger partial charge in [-0.15, -0.1) is 11.8 Å². The minimum absolute atomic E-state index is 0.234. The zero-order chi connectivity index (χ0) is 16.1. The number of fused-ring (bicyclic) bond motifs is 1. The fraction of sp³-hybridized carbons (Fsp3) is 0.0526. The SMILES string of the molecule is N#Cc1ccc(OC(=O)CSc2ccc3ccccc3c2)cc1. The Hall–Kier alpha value is -2.77. The largest absolute Gasteiger partial charge is 0.426 e. The van der Waals surface area contributed by atoms with Crippen molar-refractivity contribution in [2.24, 2.45) is 0 Å². The van der Waals surface area contributed by atoms with Crippen molar-refractivity contribution in [3.63, 3.8) is 0 Å². The van der Waals surface area contributed by atoms with Crippen LogP contribution in [0.25, 0.3) is 10.8 Å². The molecule has 3 rings (SSSR count). The van der Waals surface area contributed by atoms with Crippen LogP contribution in [-0.4, -0.2) is 11.7 Å². The third-order valence-corrected chi connectivity index (χ3v) is 4.26. The Morgan fingerprint density at radius 3 is 2.48 bits per heavy atom. The van der Waals surface area contributed by atoms with Gasteiger partial charge in [0.2, 0.25) is 0 Å². The highest BCUT2D eigenvalue weighted by Gasteiger charge is 2.06. The highest BCUT2D eigenvalue weighted by Crippen LogP contribution is 2.24. The van der Waals surface area contributed by atoms with E-state index in [0.29, 0.717) is 11.3 Å². The first kappa shape index (κ1) is 15.1. The number of nitrogens with zero attached hydrogens (tertiary/aromatic N) is 1. The number of benzene rings is 3. The maximum absolute atomic E-state index is 11.9. The van der Waals surface area contributed by atoms with Crippen LogP contribution >= 0.6 is 11.8 Å². The van der Waals surface area contributed by atoms with Crippen molar-refractivity contribution in [1.29, 1.82) is 5.26 Å². The van der Waals surface area contributed by atoms with E-state index in [4.69, 9.17) is 10.00 Å². The third-order valence-electron chi connectivity index (χ3n) is 3.29. The van der Waals surface area contributed by atoms with Gasteiger partial charge >= 0.3 is 5.97 Å². The molecule has 0 atom stereocenters. The Morgan fingerprint density at radius 1 is 1.00 bits per heavy atom. The molecule has 0 aliphatic rings. The Kier molecular flexibility index (Phi) is 4.60. The van der Waals surface area contributed by atoms with E-state index in [-0.39, 0.29) is 11.7 Å². The van der Waals surface area contributed by atoms with E-state index >= 15 is 0 Å². The van der Waals surface area contributed by atoms with Crippen LogP contribution in [0.1, 0.15) is 5.56 Å². The molecule has 0 bridgehead atoms. The molecular weight excluding hydrogens is 306 g/mol. The number of esters is 1. The summed E-state index contributed by atoms with van der Waals surface area (Å²) in [5.41, 5.74) is 0.537. The molecule has 0 spiro atoms. The van der Waals surface area contributed by atoms with Crippen molar-refractivity contribution in [2.45, 2.75) is 4.90 Å². The number of hydrogen-bond donors (Lipinski definition) is 0. The fourth-order valence-electron chi connectivity index (χ4n) is 2.16. The van der Waals surface area contributed by atoms with Crippen LogP contribution in [0.2, 0.25) is 0 Å². The van der Waals surface area contributed by atoms with Crippen LogP contribution in [0.3, 0.4) is 0 Å². The minimum atomic E-state index is -0.312. The van der Waals surface area contributed by atoms with Gasteiger partial charge in [0, 0.05) is 4.90 Å². The minimum Gasteiger partial charge on any atom is -0.426 e. The van der Waals surface area contributed by atoms with Crippen molar-refractivity contribution in [1.82, 2.24) is 0 Å².